The van der Waals surface area contributed by atoms with Crippen LogP contribution in [0.5, 0.6) is 0 Å². The molecule has 20 heavy (non-hydrogen) atoms. The molecule has 1 fully saturated rings. The van der Waals surface area contributed by atoms with Crippen LogP contribution in [0.25, 0.3) is 0 Å². The molecule has 0 aliphatic heterocycles. The van der Waals surface area contributed by atoms with E-state index in [0.717, 1.165) is 11.6 Å². The molecule has 2 unspecified atom stereocenters. The molecule has 1 saturated carbocycles. The van der Waals surface area contributed by atoms with Crippen molar-refractivity contribution in [3.05, 3.63) is 24.0 Å². The first-order chi connectivity index (χ1) is 9.47. The summed E-state index contributed by atoms with van der Waals surface area (Å²) < 4.78 is 14.2. The highest BCUT2D eigenvalue weighted by Gasteiger charge is 2.19. The van der Waals surface area contributed by atoms with Gasteiger partial charge in [0.25, 0.3) is 0 Å². The highest BCUT2D eigenvalue weighted by atomic mass is 19.1. The first kappa shape index (κ1) is 15.1. The van der Waals surface area contributed by atoms with Crippen LogP contribution in [0.4, 0.5) is 15.8 Å². The van der Waals surface area contributed by atoms with Crippen LogP contribution in [0.3, 0.4) is 0 Å². The fourth-order valence-electron chi connectivity index (χ4n) is 2.96. The van der Waals surface area contributed by atoms with Crippen LogP contribution in [0.15, 0.2) is 18.2 Å². The fraction of sp³-hybridized carbons (Fsp3) is 0.647. The Balaban J connectivity index is 2.05. The molecule has 0 aromatic heterocycles. The lowest BCUT2D eigenvalue weighted by Crippen LogP contribution is -2.27. The zero-order chi connectivity index (χ0) is 14.7. The molecule has 2 nitrogen and oxygen atoms in total. The van der Waals surface area contributed by atoms with Gasteiger partial charge in [-0.15, -0.1) is 0 Å². The minimum absolute atomic E-state index is 0.143. The van der Waals surface area contributed by atoms with E-state index in [9.17, 15) is 4.39 Å². The van der Waals surface area contributed by atoms with Crippen molar-refractivity contribution in [3.8, 4) is 0 Å². The van der Waals surface area contributed by atoms with Crippen molar-refractivity contribution in [1.29, 1.82) is 0 Å². The Labute approximate surface area is 122 Å². The first-order valence-corrected chi connectivity index (χ1v) is 7.76. The average molecular weight is 278 g/mol. The summed E-state index contributed by atoms with van der Waals surface area (Å²) in [7, 11) is 1.93. The number of benzene rings is 1. The van der Waals surface area contributed by atoms with Gasteiger partial charge in [-0.1, -0.05) is 19.8 Å². The molecule has 1 aliphatic rings. The Bertz CT molecular complexity index is 445. The van der Waals surface area contributed by atoms with E-state index in [2.05, 4.69) is 26.1 Å². The molecule has 112 valence electrons. The highest BCUT2D eigenvalue weighted by Crippen LogP contribution is 2.28. The topological polar surface area (TPSA) is 15.3 Å². The van der Waals surface area contributed by atoms with Gasteiger partial charge in [0.1, 0.15) is 5.82 Å². The minimum Gasteiger partial charge on any atom is -0.382 e. The van der Waals surface area contributed by atoms with E-state index >= 15 is 0 Å². The maximum absolute atomic E-state index is 14.2. The van der Waals surface area contributed by atoms with Gasteiger partial charge in [0.15, 0.2) is 0 Å². The van der Waals surface area contributed by atoms with Gasteiger partial charge in [0.05, 0.1) is 5.69 Å². The Kier molecular flexibility index (Phi) is 4.90. The fourth-order valence-corrected chi connectivity index (χ4v) is 2.96. The molecular formula is C17H27FN2. The maximum Gasteiger partial charge on any atom is 0.148 e. The number of hydrogen-bond acceptors (Lipinski definition) is 2. The van der Waals surface area contributed by atoms with Gasteiger partial charge in [-0.25, -0.2) is 4.39 Å². The van der Waals surface area contributed by atoms with Crippen molar-refractivity contribution >= 4 is 11.4 Å². The summed E-state index contributed by atoms with van der Waals surface area (Å²) in [5.41, 5.74) is 1.57. The molecule has 0 heterocycles. The summed E-state index contributed by atoms with van der Waals surface area (Å²) in [5, 5.41) is 3.49. The van der Waals surface area contributed by atoms with E-state index in [0.29, 0.717) is 17.8 Å². The monoisotopic (exact) mass is 278 g/mol. The number of halogens is 1. The summed E-state index contributed by atoms with van der Waals surface area (Å²) >= 11 is 0. The van der Waals surface area contributed by atoms with E-state index in [1.165, 1.54) is 25.7 Å². The SMILES string of the molecule is CC1CCCC(Nc2ccc(N(C)C(C)C)c(F)c2)C1. The number of anilines is 2. The van der Waals surface area contributed by atoms with E-state index in [1.54, 1.807) is 6.07 Å². The third-order valence-corrected chi connectivity index (χ3v) is 4.41. The van der Waals surface area contributed by atoms with E-state index in [4.69, 9.17) is 0 Å². The normalized spacial score (nSPS) is 22.9. The second-order valence-electron chi connectivity index (χ2n) is 6.48. The second-order valence-corrected chi connectivity index (χ2v) is 6.48. The van der Waals surface area contributed by atoms with Crippen molar-refractivity contribution in [1.82, 2.24) is 0 Å². The number of rotatable bonds is 4. The molecule has 0 radical (unpaired) electrons. The van der Waals surface area contributed by atoms with Crippen LogP contribution in [-0.4, -0.2) is 19.1 Å². The Morgan fingerprint density at radius 3 is 2.65 bits per heavy atom. The largest absolute Gasteiger partial charge is 0.382 e. The smallest absolute Gasteiger partial charge is 0.148 e. The quantitative estimate of drug-likeness (QED) is 0.861. The molecule has 0 amide bonds. The number of nitrogens with one attached hydrogen (secondary N) is 1. The van der Waals surface area contributed by atoms with Crippen LogP contribution >= 0.6 is 0 Å². The van der Waals surface area contributed by atoms with Gasteiger partial charge in [-0.05, 0) is 50.8 Å². The van der Waals surface area contributed by atoms with Crippen LogP contribution in [0.1, 0.15) is 46.5 Å². The summed E-state index contributed by atoms with van der Waals surface area (Å²) in [4.78, 5) is 1.96. The molecule has 2 rings (SSSR count). The standard InChI is InChI=1S/C17H27FN2/c1-12(2)20(4)17-9-8-15(11-16(17)18)19-14-7-5-6-13(3)10-14/h8-9,11-14,19H,5-7,10H2,1-4H3. The zero-order valence-electron chi connectivity index (χ0n) is 13.1. The van der Waals surface area contributed by atoms with Crippen molar-refractivity contribution in [2.24, 2.45) is 5.92 Å². The van der Waals surface area contributed by atoms with Crippen LogP contribution in [0, 0.1) is 11.7 Å². The van der Waals surface area contributed by atoms with Crippen molar-refractivity contribution < 1.29 is 4.39 Å². The Morgan fingerprint density at radius 1 is 1.30 bits per heavy atom. The molecule has 1 aromatic rings. The van der Waals surface area contributed by atoms with Gasteiger partial charge >= 0.3 is 0 Å². The minimum atomic E-state index is -0.143. The predicted octanol–water partition coefficient (Wildman–Crippen LogP) is 4.66. The average Bonchev–Trinajstić information content (AvgIpc) is 2.38. The number of hydrogen-bond donors (Lipinski definition) is 1. The van der Waals surface area contributed by atoms with E-state index < -0.39 is 0 Å². The summed E-state index contributed by atoms with van der Waals surface area (Å²) in [6, 6.07) is 6.29. The molecule has 0 saturated heterocycles. The van der Waals surface area contributed by atoms with Crippen molar-refractivity contribution in [3.63, 3.8) is 0 Å². The molecule has 0 bridgehead atoms. The van der Waals surface area contributed by atoms with Gasteiger partial charge in [-0.2, -0.15) is 0 Å². The van der Waals surface area contributed by atoms with Gasteiger partial charge in [-0.3, -0.25) is 0 Å². The Morgan fingerprint density at radius 2 is 2.05 bits per heavy atom. The second kappa shape index (κ2) is 6.47. The van der Waals surface area contributed by atoms with Crippen LogP contribution in [0.2, 0.25) is 0 Å². The molecule has 3 heteroatoms. The lowest BCUT2D eigenvalue weighted by atomic mass is 9.87. The maximum atomic E-state index is 14.2. The molecule has 1 N–H and O–H groups in total. The van der Waals surface area contributed by atoms with Gasteiger partial charge < -0.3 is 10.2 Å². The zero-order valence-corrected chi connectivity index (χ0v) is 13.1. The highest BCUT2D eigenvalue weighted by molar-refractivity contribution is 5.56. The van der Waals surface area contributed by atoms with Crippen LogP contribution in [-0.2, 0) is 0 Å². The lowest BCUT2D eigenvalue weighted by Gasteiger charge is -2.29. The van der Waals surface area contributed by atoms with Crippen molar-refractivity contribution in [2.75, 3.05) is 17.3 Å². The summed E-state index contributed by atoms with van der Waals surface area (Å²) in [6.07, 6.45) is 4.98. The molecule has 1 aromatic carbocycles. The lowest BCUT2D eigenvalue weighted by molar-refractivity contribution is 0.358. The van der Waals surface area contributed by atoms with Gasteiger partial charge in [0, 0.05) is 24.8 Å². The third-order valence-electron chi connectivity index (χ3n) is 4.41. The van der Waals surface area contributed by atoms with Gasteiger partial charge in [0.2, 0.25) is 0 Å². The van der Waals surface area contributed by atoms with Crippen LogP contribution < -0.4 is 10.2 Å². The van der Waals surface area contributed by atoms with Crippen molar-refractivity contribution in [2.45, 2.75) is 58.5 Å². The number of nitrogens with zero attached hydrogens (tertiary/aromatic N) is 1. The summed E-state index contributed by atoms with van der Waals surface area (Å²) in [6.45, 7) is 6.43. The van der Waals surface area contributed by atoms with E-state index in [1.807, 2.05) is 24.1 Å². The molecule has 0 spiro atoms. The molecular weight excluding hydrogens is 251 g/mol. The third kappa shape index (κ3) is 3.65. The summed E-state index contributed by atoms with van der Waals surface area (Å²) in [5.74, 6) is 0.632. The molecule has 2 atom stereocenters. The first-order valence-electron chi connectivity index (χ1n) is 7.76. The van der Waals surface area contributed by atoms with E-state index in [-0.39, 0.29) is 5.82 Å². The Hall–Kier alpha value is -1.25. The predicted molar refractivity (Wildman–Crippen MR) is 85.0 cm³/mol. The molecule has 1 aliphatic carbocycles.